The monoisotopic (exact) mass is 521 g/mol. The number of aromatic nitrogens is 1. The lowest BCUT2D eigenvalue weighted by atomic mass is 9.72. The van der Waals surface area contributed by atoms with Gasteiger partial charge in [-0.3, -0.25) is 0 Å². The van der Waals surface area contributed by atoms with E-state index in [1.165, 1.54) is 0 Å². The second-order valence-corrected chi connectivity index (χ2v) is 9.88. The Morgan fingerprint density at radius 2 is 1.62 bits per heavy atom. The first-order valence-corrected chi connectivity index (χ1v) is 13.0. The molecule has 2 heterocycles. The lowest BCUT2D eigenvalue weighted by Gasteiger charge is -2.43. The van der Waals surface area contributed by atoms with Crippen molar-refractivity contribution in [3.05, 3.63) is 107 Å². The van der Waals surface area contributed by atoms with Crippen LogP contribution in [0, 0.1) is 31.1 Å². The summed E-state index contributed by atoms with van der Waals surface area (Å²) < 4.78 is 5.09. The van der Waals surface area contributed by atoms with Gasteiger partial charge in [-0.15, -0.1) is 0 Å². The highest BCUT2D eigenvalue weighted by Gasteiger charge is 2.41. The summed E-state index contributed by atoms with van der Waals surface area (Å²) in [5.41, 5.74) is 3.59. The molecule has 8 heteroatoms. The molecule has 0 saturated carbocycles. The number of aryl methyl sites for hydroxylation is 2. The molecule has 0 radical (unpaired) electrons. The van der Waals surface area contributed by atoms with Gasteiger partial charge in [0, 0.05) is 18.8 Å². The number of urea groups is 1. The molecule has 5 rings (SSSR count). The highest BCUT2D eigenvalue weighted by molar-refractivity contribution is 6.00. The highest BCUT2D eigenvalue weighted by atomic mass is 16.5. The minimum atomic E-state index is -1.10. The molecule has 1 aliphatic rings. The van der Waals surface area contributed by atoms with E-state index in [2.05, 4.69) is 26.8 Å². The summed E-state index contributed by atoms with van der Waals surface area (Å²) >= 11 is 0. The quantitative estimate of drug-likeness (QED) is 0.288. The Hall–Kier alpha value is -4.61. The van der Waals surface area contributed by atoms with Crippen molar-refractivity contribution in [3.63, 3.8) is 0 Å². The number of nitrogens with zero attached hydrogens (tertiary/aromatic N) is 3. The number of amides is 2. The van der Waals surface area contributed by atoms with Crippen molar-refractivity contribution < 1.29 is 14.4 Å². The van der Waals surface area contributed by atoms with E-state index in [0.29, 0.717) is 41.5 Å². The predicted molar refractivity (Wildman–Crippen MR) is 151 cm³/mol. The summed E-state index contributed by atoms with van der Waals surface area (Å²) in [4.78, 5) is 14.7. The number of anilines is 3. The van der Waals surface area contributed by atoms with E-state index < -0.39 is 11.6 Å². The van der Waals surface area contributed by atoms with Gasteiger partial charge in [0.05, 0.1) is 11.3 Å². The second kappa shape index (κ2) is 11.0. The van der Waals surface area contributed by atoms with Crippen LogP contribution < -0.4 is 15.5 Å². The lowest BCUT2D eigenvalue weighted by molar-refractivity contribution is 0.00505. The van der Waals surface area contributed by atoms with Gasteiger partial charge < -0.3 is 25.2 Å². The molecule has 3 N–H and O–H groups in total. The zero-order valence-electron chi connectivity index (χ0n) is 22.0. The molecule has 4 aromatic rings. The number of carbonyl (C=O) groups is 1. The van der Waals surface area contributed by atoms with E-state index in [-0.39, 0.29) is 5.92 Å². The molecule has 0 bridgehead atoms. The van der Waals surface area contributed by atoms with Crippen LogP contribution in [-0.2, 0) is 5.60 Å². The summed E-state index contributed by atoms with van der Waals surface area (Å²) in [6.07, 6.45) is 1.51. The van der Waals surface area contributed by atoms with Crippen LogP contribution in [0.25, 0.3) is 0 Å². The van der Waals surface area contributed by atoms with Crippen molar-refractivity contribution in [2.45, 2.75) is 32.3 Å². The molecule has 0 spiro atoms. The van der Waals surface area contributed by atoms with Crippen molar-refractivity contribution >= 4 is 23.1 Å². The smallest absolute Gasteiger partial charge is 0.323 e. The van der Waals surface area contributed by atoms with Crippen molar-refractivity contribution in [2.75, 3.05) is 28.6 Å². The van der Waals surface area contributed by atoms with Crippen molar-refractivity contribution in [3.8, 4) is 6.07 Å². The van der Waals surface area contributed by atoms with Crippen LogP contribution in [0.3, 0.4) is 0 Å². The van der Waals surface area contributed by atoms with Gasteiger partial charge in [-0.1, -0.05) is 65.8 Å². The number of benzene rings is 3. The van der Waals surface area contributed by atoms with Crippen molar-refractivity contribution in [1.82, 2.24) is 5.16 Å². The Balaban J connectivity index is 1.30. The molecule has 1 fully saturated rings. The summed E-state index contributed by atoms with van der Waals surface area (Å²) in [5, 5.41) is 31.4. The lowest BCUT2D eigenvalue weighted by Crippen LogP contribution is -2.44. The molecule has 0 unspecified atom stereocenters. The van der Waals surface area contributed by atoms with Crippen LogP contribution in [0.2, 0.25) is 0 Å². The third-order valence-electron chi connectivity index (χ3n) is 7.50. The normalized spacial score (nSPS) is 14.1. The standard InChI is InChI=1S/C31H31N5O3/c1-21-29(22(2)39-35-21)34-30(37)33-27-13-14-28(23(19-27)20-32)36-17-15-26(16-18-36)31(38,24-9-5-3-6-10-24)25-11-7-4-8-12-25/h3-14,19,26,38H,15-18H2,1-2H3,(H2,33,34,37). The summed E-state index contributed by atoms with van der Waals surface area (Å²) in [5.74, 6) is 0.531. The molecule has 198 valence electrons. The Labute approximate surface area is 227 Å². The topological polar surface area (TPSA) is 114 Å². The fraction of sp³-hybridized carbons (Fsp3) is 0.258. The summed E-state index contributed by atoms with van der Waals surface area (Å²) in [7, 11) is 0. The number of aliphatic hydroxyl groups is 1. The molecule has 2 amide bonds. The van der Waals surface area contributed by atoms with Gasteiger partial charge in [0.25, 0.3) is 0 Å². The fourth-order valence-electron chi connectivity index (χ4n) is 5.48. The van der Waals surface area contributed by atoms with Gasteiger partial charge in [-0.25, -0.2) is 4.79 Å². The van der Waals surface area contributed by atoms with E-state index >= 15 is 0 Å². The van der Waals surface area contributed by atoms with Gasteiger partial charge >= 0.3 is 6.03 Å². The summed E-state index contributed by atoms with van der Waals surface area (Å²) in [6.45, 7) is 4.86. The van der Waals surface area contributed by atoms with Gasteiger partial charge in [0.15, 0.2) is 5.76 Å². The number of hydrogen-bond acceptors (Lipinski definition) is 6. The van der Waals surface area contributed by atoms with E-state index in [9.17, 15) is 15.2 Å². The minimum Gasteiger partial charge on any atom is -0.380 e. The van der Waals surface area contributed by atoms with Crippen molar-refractivity contribution in [2.24, 2.45) is 5.92 Å². The van der Waals surface area contributed by atoms with Crippen LogP contribution >= 0.6 is 0 Å². The Kier molecular flexibility index (Phi) is 7.35. The van der Waals surface area contributed by atoms with Crippen LogP contribution in [0.4, 0.5) is 21.9 Å². The van der Waals surface area contributed by atoms with E-state index in [1.807, 2.05) is 66.7 Å². The average Bonchev–Trinajstić information content (AvgIpc) is 3.29. The van der Waals surface area contributed by atoms with Gasteiger partial charge in [-0.05, 0) is 61.9 Å². The number of hydrogen-bond donors (Lipinski definition) is 3. The highest BCUT2D eigenvalue weighted by Crippen LogP contribution is 2.42. The zero-order chi connectivity index (χ0) is 27.4. The molecular formula is C31H31N5O3. The maximum absolute atomic E-state index is 12.5. The first kappa shape index (κ1) is 26.0. The van der Waals surface area contributed by atoms with Crippen LogP contribution in [0.15, 0.2) is 83.4 Å². The second-order valence-electron chi connectivity index (χ2n) is 9.88. The molecule has 8 nitrogen and oxygen atoms in total. The van der Waals surface area contributed by atoms with E-state index in [1.54, 1.807) is 26.0 Å². The van der Waals surface area contributed by atoms with Crippen LogP contribution in [0.5, 0.6) is 0 Å². The molecule has 1 aromatic heterocycles. The van der Waals surface area contributed by atoms with Gasteiger partial charge in [0.2, 0.25) is 0 Å². The predicted octanol–water partition coefficient (Wildman–Crippen LogP) is 5.96. The molecule has 1 aliphatic heterocycles. The van der Waals surface area contributed by atoms with Crippen LogP contribution in [0.1, 0.15) is 41.0 Å². The largest absolute Gasteiger partial charge is 0.380 e. The molecule has 0 atom stereocenters. The third-order valence-corrected chi connectivity index (χ3v) is 7.50. The first-order valence-electron chi connectivity index (χ1n) is 13.0. The van der Waals surface area contributed by atoms with Gasteiger partial charge in [-0.2, -0.15) is 5.26 Å². The van der Waals surface area contributed by atoms with E-state index in [0.717, 1.165) is 29.7 Å². The summed E-state index contributed by atoms with van der Waals surface area (Å²) in [6, 6.07) is 26.9. The maximum Gasteiger partial charge on any atom is 0.323 e. The molecule has 0 aliphatic carbocycles. The third kappa shape index (κ3) is 5.22. The first-order chi connectivity index (χ1) is 18.9. The zero-order valence-corrected chi connectivity index (χ0v) is 22.0. The molecule has 39 heavy (non-hydrogen) atoms. The number of nitrogens with one attached hydrogen (secondary N) is 2. The molecular weight excluding hydrogens is 490 g/mol. The molecule has 1 saturated heterocycles. The van der Waals surface area contributed by atoms with Crippen LogP contribution in [-0.4, -0.2) is 29.4 Å². The SMILES string of the molecule is Cc1noc(C)c1NC(=O)Nc1ccc(N2CCC(C(O)(c3ccccc3)c3ccccc3)CC2)c(C#N)c1. The minimum absolute atomic E-state index is 0.0121. The number of piperidine rings is 1. The molecule has 3 aromatic carbocycles. The Morgan fingerprint density at radius 1 is 1.00 bits per heavy atom. The van der Waals surface area contributed by atoms with Gasteiger partial charge in [0.1, 0.15) is 23.1 Å². The fourth-order valence-corrected chi connectivity index (χ4v) is 5.48. The maximum atomic E-state index is 12.5. The Bertz CT molecular complexity index is 1430. The number of rotatable bonds is 6. The van der Waals surface area contributed by atoms with Crippen molar-refractivity contribution in [1.29, 1.82) is 5.26 Å². The van der Waals surface area contributed by atoms with E-state index in [4.69, 9.17) is 4.52 Å². The number of nitriles is 1. The average molecular weight is 522 g/mol. The number of carbonyl (C=O) groups excluding carboxylic acids is 1. The Morgan fingerprint density at radius 3 is 2.15 bits per heavy atom.